The minimum atomic E-state index is -0.376. The molecule has 6 nitrogen and oxygen atoms in total. The van der Waals surface area contributed by atoms with E-state index in [0.29, 0.717) is 37.7 Å². The van der Waals surface area contributed by atoms with Crippen molar-refractivity contribution in [2.24, 2.45) is 0 Å². The Balaban J connectivity index is 1.42. The summed E-state index contributed by atoms with van der Waals surface area (Å²) in [4.78, 5) is 16.9. The molecule has 1 aromatic carbocycles. The van der Waals surface area contributed by atoms with Gasteiger partial charge in [-0.2, -0.15) is 5.10 Å². The largest absolute Gasteiger partial charge is 0.378 e. The lowest BCUT2D eigenvalue weighted by Crippen LogP contribution is -2.56. The van der Waals surface area contributed by atoms with Gasteiger partial charge in [0.05, 0.1) is 36.4 Å². The molecule has 0 N–H and O–H groups in total. The number of amides is 1. The lowest BCUT2D eigenvalue weighted by Gasteiger charge is -2.42. The van der Waals surface area contributed by atoms with Crippen LogP contribution < -0.4 is 0 Å². The first kappa shape index (κ1) is 19.7. The summed E-state index contributed by atoms with van der Waals surface area (Å²) in [6.45, 7) is 6.85. The van der Waals surface area contributed by atoms with Crippen LogP contribution in [0.4, 0.5) is 4.39 Å². The van der Waals surface area contributed by atoms with Crippen LogP contribution in [0.2, 0.25) is 0 Å². The minimum absolute atomic E-state index is 0.0190. The second kappa shape index (κ2) is 7.44. The van der Waals surface area contributed by atoms with Crippen LogP contribution in [0, 0.1) is 12.7 Å². The molecular formula is C22H24FN3O3S. The number of morpholine rings is 1. The summed E-state index contributed by atoms with van der Waals surface area (Å²) < 4.78 is 26.8. The van der Waals surface area contributed by atoms with Gasteiger partial charge in [0.1, 0.15) is 16.2 Å². The van der Waals surface area contributed by atoms with Crippen molar-refractivity contribution in [3.8, 4) is 0 Å². The summed E-state index contributed by atoms with van der Waals surface area (Å²) in [6.07, 6.45) is 0.800. The zero-order chi connectivity index (χ0) is 20.9. The third kappa shape index (κ3) is 3.53. The lowest BCUT2D eigenvalue weighted by atomic mass is 9.99. The Labute approximate surface area is 178 Å². The molecule has 4 heterocycles. The molecule has 2 atom stereocenters. The average molecular weight is 430 g/mol. The molecule has 0 radical (unpaired) electrons. The van der Waals surface area contributed by atoms with Crippen LogP contribution in [0.15, 0.2) is 30.3 Å². The Morgan fingerprint density at radius 2 is 2.17 bits per heavy atom. The zero-order valence-corrected chi connectivity index (χ0v) is 17.9. The monoisotopic (exact) mass is 429 g/mol. The Bertz CT molecular complexity index is 1090. The molecule has 30 heavy (non-hydrogen) atoms. The smallest absolute Gasteiger partial charge is 0.264 e. The summed E-state index contributed by atoms with van der Waals surface area (Å²) in [5, 5.41) is 5.61. The third-order valence-corrected chi connectivity index (χ3v) is 6.96. The fourth-order valence-electron chi connectivity index (χ4n) is 4.43. The Hall–Kier alpha value is -2.29. The van der Waals surface area contributed by atoms with E-state index >= 15 is 0 Å². The van der Waals surface area contributed by atoms with Gasteiger partial charge in [0.15, 0.2) is 0 Å². The number of aromatic nitrogens is 2. The van der Waals surface area contributed by atoms with E-state index in [2.05, 4.69) is 5.10 Å². The first-order valence-corrected chi connectivity index (χ1v) is 11.0. The Morgan fingerprint density at radius 1 is 1.37 bits per heavy atom. The first-order valence-electron chi connectivity index (χ1n) is 10.2. The van der Waals surface area contributed by atoms with Gasteiger partial charge in [-0.3, -0.25) is 9.48 Å². The van der Waals surface area contributed by atoms with E-state index in [-0.39, 0.29) is 23.4 Å². The first-order chi connectivity index (χ1) is 14.4. The van der Waals surface area contributed by atoms with Crippen LogP contribution in [0.25, 0.3) is 10.2 Å². The van der Waals surface area contributed by atoms with Crippen LogP contribution in [-0.4, -0.2) is 58.6 Å². The van der Waals surface area contributed by atoms with Gasteiger partial charge in [-0.25, -0.2) is 4.39 Å². The minimum Gasteiger partial charge on any atom is -0.378 e. The lowest BCUT2D eigenvalue weighted by molar-refractivity contribution is -0.138. The van der Waals surface area contributed by atoms with Crippen molar-refractivity contribution >= 4 is 27.5 Å². The molecule has 2 aromatic heterocycles. The van der Waals surface area contributed by atoms with Crippen LogP contribution in [0.5, 0.6) is 0 Å². The average Bonchev–Trinajstić information content (AvgIpc) is 3.41. The molecule has 8 heteroatoms. The van der Waals surface area contributed by atoms with Gasteiger partial charge >= 0.3 is 0 Å². The van der Waals surface area contributed by atoms with Gasteiger partial charge in [0.2, 0.25) is 0 Å². The van der Waals surface area contributed by atoms with Crippen molar-refractivity contribution in [2.45, 2.75) is 38.5 Å². The van der Waals surface area contributed by atoms with Gasteiger partial charge in [0, 0.05) is 25.0 Å². The topological polar surface area (TPSA) is 56.6 Å². The molecule has 0 aliphatic carbocycles. The van der Waals surface area contributed by atoms with Crippen molar-refractivity contribution in [1.29, 1.82) is 0 Å². The van der Waals surface area contributed by atoms with Gasteiger partial charge < -0.3 is 14.4 Å². The highest BCUT2D eigenvalue weighted by Crippen LogP contribution is 2.33. The number of thiophene rings is 1. The standard InChI is InChI=1S/C22H24FN3O3S/c1-14-10-25(12-22(29-14)7-8-28-13-22)20(27)19-9-18-15(2)24-26(21(18)30-19)11-16-3-5-17(23)6-4-16/h3-6,9,14H,7-8,10-13H2,1-2H3/t14-,22-/m1/s1. The highest BCUT2D eigenvalue weighted by molar-refractivity contribution is 7.20. The third-order valence-electron chi connectivity index (χ3n) is 5.83. The van der Waals surface area contributed by atoms with Crippen molar-refractivity contribution in [3.05, 3.63) is 52.3 Å². The van der Waals surface area contributed by atoms with Gasteiger partial charge in [0.25, 0.3) is 5.91 Å². The van der Waals surface area contributed by atoms with Crippen LogP contribution in [-0.2, 0) is 16.0 Å². The molecule has 3 aromatic rings. The van der Waals surface area contributed by atoms with Crippen molar-refractivity contribution in [3.63, 3.8) is 0 Å². The van der Waals surface area contributed by atoms with Gasteiger partial charge in [-0.1, -0.05) is 12.1 Å². The summed E-state index contributed by atoms with van der Waals surface area (Å²) >= 11 is 1.46. The fourth-order valence-corrected chi connectivity index (χ4v) is 5.56. The van der Waals surface area contributed by atoms with E-state index < -0.39 is 0 Å². The van der Waals surface area contributed by atoms with Crippen LogP contribution in [0.3, 0.4) is 0 Å². The summed E-state index contributed by atoms with van der Waals surface area (Å²) in [5.41, 5.74) is 1.48. The molecule has 0 bridgehead atoms. The number of carbonyl (C=O) groups excluding carboxylic acids is 1. The maximum absolute atomic E-state index is 13.3. The molecular weight excluding hydrogens is 405 g/mol. The number of halogens is 1. The van der Waals surface area contributed by atoms with E-state index in [4.69, 9.17) is 9.47 Å². The molecule has 5 rings (SSSR count). The molecule has 1 spiro atoms. The van der Waals surface area contributed by atoms with E-state index in [1.807, 2.05) is 29.5 Å². The molecule has 2 fully saturated rings. The number of nitrogens with zero attached hydrogens (tertiary/aromatic N) is 3. The quantitative estimate of drug-likeness (QED) is 0.638. The maximum atomic E-state index is 13.3. The van der Waals surface area contributed by atoms with Gasteiger partial charge in [-0.15, -0.1) is 11.3 Å². The summed E-state index contributed by atoms with van der Waals surface area (Å²) in [6, 6.07) is 8.37. The normalized spacial score (nSPS) is 24.2. The molecule has 2 aliphatic heterocycles. The summed E-state index contributed by atoms with van der Waals surface area (Å²) in [5.74, 6) is -0.222. The second-order valence-electron chi connectivity index (χ2n) is 8.30. The molecule has 0 unspecified atom stereocenters. The molecule has 2 aliphatic rings. The van der Waals surface area contributed by atoms with Crippen LogP contribution >= 0.6 is 11.3 Å². The second-order valence-corrected chi connectivity index (χ2v) is 9.33. The number of hydrogen-bond donors (Lipinski definition) is 0. The van der Waals surface area contributed by atoms with E-state index in [1.54, 1.807) is 12.1 Å². The maximum Gasteiger partial charge on any atom is 0.264 e. The van der Waals surface area contributed by atoms with E-state index in [0.717, 1.165) is 27.9 Å². The van der Waals surface area contributed by atoms with Crippen molar-refractivity contribution in [2.75, 3.05) is 26.3 Å². The molecule has 2 saturated heterocycles. The van der Waals surface area contributed by atoms with Crippen molar-refractivity contribution in [1.82, 2.24) is 14.7 Å². The highest BCUT2D eigenvalue weighted by atomic mass is 32.1. The number of rotatable bonds is 3. The predicted molar refractivity (Wildman–Crippen MR) is 112 cm³/mol. The van der Waals surface area contributed by atoms with Crippen LogP contribution in [0.1, 0.15) is 34.3 Å². The zero-order valence-electron chi connectivity index (χ0n) is 17.1. The molecule has 1 amide bonds. The SMILES string of the molecule is Cc1nn(Cc2ccc(F)cc2)c2sc(C(=O)N3C[C@@H](C)O[C@]4(CCOC4)C3)cc12. The number of hydrogen-bond acceptors (Lipinski definition) is 5. The molecule has 158 valence electrons. The number of fused-ring (bicyclic) bond motifs is 1. The number of carbonyl (C=O) groups is 1. The highest BCUT2D eigenvalue weighted by Gasteiger charge is 2.44. The van der Waals surface area contributed by atoms with E-state index in [1.165, 1.54) is 23.5 Å². The predicted octanol–water partition coefficient (Wildman–Crippen LogP) is 3.61. The fraction of sp³-hybridized carbons (Fsp3) is 0.455. The summed E-state index contributed by atoms with van der Waals surface area (Å²) in [7, 11) is 0. The number of benzene rings is 1. The van der Waals surface area contributed by atoms with E-state index in [9.17, 15) is 9.18 Å². The Kier molecular flexibility index (Phi) is 4.88. The Morgan fingerprint density at radius 3 is 2.90 bits per heavy atom. The van der Waals surface area contributed by atoms with Crippen molar-refractivity contribution < 1.29 is 18.7 Å². The molecule has 0 saturated carbocycles. The van der Waals surface area contributed by atoms with Gasteiger partial charge in [-0.05, 0) is 37.6 Å². The number of aryl methyl sites for hydroxylation is 1. The number of ether oxygens (including phenoxy) is 2.